The van der Waals surface area contributed by atoms with Crippen molar-refractivity contribution in [1.82, 2.24) is 15.3 Å². The third-order valence-corrected chi connectivity index (χ3v) is 6.22. The molecule has 1 aromatic rings. The normalized spacial score (nSPS) is 32.0. The van der Waals surface area contributed by atoms with Gasteiger partial charge in [0.05, 0.1) is 0 Å². The maximum absolute atomic E-state index is 12.5. The average Bonchev–Trinajstić information content (AvgIpc) is 2.80. The molecule has 2 bridgehead atoms. The largest absolute Gasteiger partial charge is 0.476 e. The lowest BCUT2D eigenvalue weighted by molar-refractivity contribution is 0.0678. The van der Waals surface area contributed by atoms with Gasteiger partial charge in [0.15, 0.2) is 11.4 Å². The van der Waals surface area contributed by atoms with Crippen LogP contribution in [0.25, 0.3) is 0 Å². The van der Waals surface area contributed by atoms with Crippen molar-refractivity contribution < 1.29 is 14.7 Å². The fourth-order valence-corrected chi connectivity index (χ4v) is 4.31. The van der Waals surface area contributed by atoms with Gasteiger partial charge < -0.3 is 10.4 Å². The Morgan fingerprint density at radius 3 is 2.36 bits per heavy atom. The number of nitrogens with one attached hydrogen (secondary N) is 1. The lowest BCUT2D eigenvalue weighted by Crippen LogP contribution is -2.47. The maximum atomic E-state index is 12.5. The number of hydrogen-bond acceptors (Lipinski definition) is 4. The number of carboxylic acid groups (broad SMARTS) is 1. The van der Waals surface area contributed by atoms with E-state index in [9.17, 15) is 9.59 Å². The summed E-state index contributed by atoms with van der Waals surface area (Å²) >= 11 is 0. The first-order chi connectivity index (χ1) is 10.3. The smallest absolute Gasteiger partial charge is 0.356 e. The van der Waals surface area contributed by atoms with Crippen LogP contribution >= 0.6 is 0 Å². The Hall–Kier alpha value is -1.98. The van der Waals surface area contributed by atoms with E-state index in [-0.39, 0.29) is 28.3 Å². The molecule has 2 fully saturated rings. The van der Waals surface area contributed by atoms with E-state index in [4.69, 9.17) is 5.11 Å². The van der Waals surface area contributed by atoms with E-state index in [1.54, 1.807) is 0 Å². The van der Waals surface area contributed by atoms with Crippen LogP contribution in [0.2, 0.25) is 0 Å². The highest BCUT2D eigenvalue weighted by atomic mass is 16.4. The number of fused-ring (bicyclic) bond motifs is 2. The summed E-state index contributed by atoms with van der Waals surface area (Å²) in [6, 6.07) is 0.0531. The third kappa shape index (κ3) is 1.93. The molecule has 6 nitrogen and oxygen atoms in total. The van der Waals surface area contributed by atoms with Crippen LogP contribution < -0.4 is 5.32 Å². The summed E-state index contributed by atoms with van der Waals surface area (Å²) in [6.07, 6.45) is 5.84. The summed E-state index contributed by atoms with van der Waals surface area (Å²) in [7, 11) is 0. The molecule has 0 radical (unpaired) electrons. The minimum absolute atomic E-state index is 0.0406. The van der Waals surface area contributed by atoms with E-state index in [1.807, 2.05) is 0 Å². The molecule has 6 heteroatoms. The fraction of sp³-hybridized carbons (Fsp3) is 0.625. The van der Waals surface area contributed by atoms with E-state index in [1.165, 1.54) is 18.8 Å². The minimum atomic E-state index is -1.24. The molecule has 0 saturated heterocycles. The highest BCUT2D eigenvalue weighted by Gasteiger charge is 2.61. The second kappa shape index (κ2) is 4.76. The van der Waals surface area contributed by atoms with E-state index in [0.717, 1.165) is 12.8 Å². The van der Waals surface area contributed by atoms with Gasteiger partial charge in [-0.05, 0) is 36.0 Å². The summed E-state index contributed by atoms with van der Waals surface area (Å²) in [5.41, 5.74) is -0.186. The van der Waals surface area contributed by atoms with Crippen LogP contribution in [0.1, 0.15) is 61.0 Å². The van der Waals surface area contributed by atoms with Gasteiger partial charge in [-0.1, -0.05) is 20.8 Å². The van der Waals surface area contributed by atoms with Crippen LogP contribution in [0.15, 0.2) is 12.4 Å². The first-order valence-electron chi connectivity index (χ1n) is 7.62. The molecule has 1 heterocycles. The van der Waals surface area contributed by atoms with Gasteiger partial charge in [0.25, 0.3) is 5.91 Å². The fourth-order valence-electron chi connectivity index (χ4n) is 4.31. The minimum Gasteiger partial charge on any atom is -0.476 e. The SMILES string of the molecule is CC1(C)C2CCC1(C)C(NC(=O)c1nccnc1C(=O)O)C2. The van der Waals surface area contributed by atoms with Gasteiger partial charge in [0.2, 0.25) is 0 Å². The van der Waals surface area contributed by atoms with Crippen LogP contribution in [-0.2, 0) is 0 Å². The summed E-state index contributed by atoms with van der Waals surface area (Å²) in [6.45, 7) is 6.75. The Bertz CT molecular complexity index is 643. The molecule has 1 aromatic heterocycles. The quantitative estimate of drug-likeness (QED) is 0.892. The first kappa shape index (κ1) is 14.9. The number of nitrogens with zero attached hydrogens (tertiary/aromatic N) is 2. The van der Waals surface area contributed by atoms with Gasteiger partial charge in [-0.25, -0.2) is 14.8 Å². The molecule has 2 aliphatic rings. The highest BCUT2D eigenvalue weighted by molar-refractivity contribution is 6.02. The monoisotopic (exact) mass is 303 g/mol. The van der Waals surface area contributed by atoms with Crippen LogP contribution in [0.4, 0.5) is 0 Å². The molecule has 118 valence electrons. The molecule has 3 rings (SSSR count). The van der Waals surface area contributed by atoms with Gasteiger partial charge in [-0.3, -0.25) is 4.79 Å². The van der Waals surface area contributed by atoms with Gasteiger partial charge >= 0.3 is 5.97 Å². The number of hydrogen-bond donors (Lipinski definition) is 2. The van der Waals surface area contributed by atoms with Crippen LogP contribution in [0.5, 0.6) is 0 Å². The maximum Gasteiger partial charge on any atom is 0.356 e. The summed E-state index contributed by atoms with van der Waals surface area (Å²) in [5, 5.41) is 12.1. The standard InChI is InChI=1S/C16H21N3O3/c1-15(2)9-4-5-16(15,3)10(8-9)19-13(20)11-12(14(21)22)18-7-6-17-11/h6-7,9-10H,4-5,8H2,1-3H3,(H,19,20)(H,21,22). The highest BCUT2D eigenvalue weighted by Crippen LogP contribution is 2.65. The lowest BCUT2D eigenvalue weighted by Gasteiger charge is -2.39. The van der Waals surface area contributed by atoms with Crippen molar-refractivity contribution in [3.63, 3.8) is 0 Å². The Morgan fingerprint density at radius 1 is 1.23 bits per heavy atom. The Balaban J connectivity index is 1.84. The summed E-state index contributed by atoms with van der Waals surface area (Å²) in [4.78, 5) is 31.3. The number of rotatable bonds is 3. The van der Waals surface area contributed by atoms with Gasteiger partial charge in [-0.2, -0.15) is 0 Å². The second-order valence-electron chi connectivity index (χ2n) is 7.20. The molecule has 1 amide bonds. The van der Waals surface area contributed by atoms with Crippen LogP contribution in [0, 0.1) is 16.7 Å². The molecule has 0 aromatic carbocycles. The number of carboxylic acids is 1. The van der Waals surface area contributed by atoms with E-state index in [2.05, 4.69) is 36.1 Å². The van der Waals surface area contributed by atoms with E-state index < -0.39 is 11.9 Å². The average molecular weight is 303 g/mol. The van der Waals surface area contributed by atoms with Crippen molar-refractivity contribution in [1.29, 1.82) is 0 Å². The number of amides is 1. The zero-order chi connectivity index (χ0) is 16.1. The van der Waals surface area contributed by atoms with E-state index in [0.29, 0.717) is 5.92 Å². The summed E-state index contributed by atoms with van der Waals surface area (Å²) < 4.78 is 0. The van der Waals surface area contributed by atoms with Crippen LogP contribution in [0.3, 0.4) is 0 Å². The van der Waals surface area contributed by atoms with Crippen molar-refractivity contribution in [3.8, 4) is 0 Å². The topological polar surface area (TPSA) is 92.2 Å². The number of aromatic nitrogens is 2. The van der Waals surface area contributed by atoms with Crippen molar-refractivity contribution in [3.05, 3.63) is 23.8 Å². The first-order valence-corrected chi connectivity index (χ1v) is 7.62. The van der Waals surface area contributed by atoms with Crippen molar-refractivity contribution in [2.24, 2.45) is 16.7 Å². The Morgan fingerprint density at radius 2 is 1.86 bits per heavy atom. The molecule has 2 aliphatic carbocycles. The molecular weight excluding hydrogens is 282 g/mol. The van der Waals surface area contributed by atoms with Crippen molar-refractivity contribution >= 4 is 11.9 Å². The number of carbonyl (C=O) groups is 2. The third-order valence-electron chi connectivity index (χ3n) is 6.22. The molecule has 3 atom stereocenters. The molecule has 2 saturated carbocycles. The number of carbonyl (C=O) groups excluding carboxylic acids is 1. The molecule has 2 N–H and O–H groups in total. The van der Waals surface area contributed by atoms with Crippen molar-refractivity contribution in [2.75, 3.05) is 0 Å². The lowest BCUT2D eigenvalue weighted by atomic mass is 9.69. The predicted molar refractivity (Wildman–Crippen MR) is 79.5 cm³/mol. The van der Waals surface area contributed by atoms with Gasteiger partial charge in [0.1, 0.15) is 0 Å². The molecular formula is C16H21N3O3. The molecule has 0 spiro atoms. The van der Waals surface area contributed by atoms with Crippen molar-refractivity contribution in [2.45, 2.75) is 46.1 Å². The molecule has 0 aliphatic heterocycles. The zero-order valence-electron chi connectivity index (χ0n) is 13.1. The number of aromatic carboxylic acids is 1. The second-order valence-corrected chi connectivity index (χ2v) is 7.20. The van der Waals surface area contributed by atoms with Gasteiger partial charge in [0, 0.05) is 18.4 Å². The Kier molecular flexibility index (Phi) is 3.23. The zero-order valence-corrected chi connectivity index (χ0v) is 13.1. The Labute approximate surface area is 129 Å². The van der Waals surface area contributed by atoms with Crippen LogP contribution in [-0.4, -0.2) is 33.0 Å². The molecule has 22 heavy (non-hydrogen) atoms. The predicted octanol–water partition coefficient (Wildman–Crippen LogP) is 2.12. The summed E-state index contributed by atoms with van der Waals surface area (Å²) in [5.74, 6) is -1.08. The van der Waals surface area contributed by atoms with E-state index >= 15 is 0 Å². The van der Waals surface area contributed by atoms with Gasteiger partial charge in [-0.15, -0.1) is 0 Å². The molecule has 3 unspecified atom stereocenters.